The molecule has 0 aliphatic heterocycles. The van der Waals surface area contributed by atoms with Gasteiger partial charge in [-0.2, -0.15) is 0 Å². The lowest BCUT2D eigenvalue weighted by Crippen LogP contribution is -1.94. The first-order valence-electron chi connectivity index (χ1n) is 5.20. The van der Waals surface area contributed by atoms with Gasteiger partial charge in [0.15, 0.2) is 0 Å². The van der Waals surface area contributed by atoms with Crippen molar-refractivity contribution in [3.8, 4) is 11.6 Å². The minimum Gasteiger partial charge on any atom is -0.439 e. The number of nitro benzene ring substituents is 1. The molecule has 92 valence electrons. The van der Waals surface area contributed by atoms with Crippen LogP contribution in [-0.4, -0.2) is 9.91 Å². The molecule has 1 heterocycles. The van der Waals surface area contributed by atoms with E-state index in [1.807, 2.05) is 6.92 Å². The van der Waals surface area contributed by atoms with Crippen molar-refractivity contribution in [1.82, 2.24) is 4.98 Å². The Morgan fingerprint density at radius 2 is 2.17 bits per heavy atom. The zero-order valence-corrected chi connectivity index (χ0v) is 9.66. The van der Waals surface area contributed by atoms with Crippen LogP contribution >= 0.6 is 0 Å². The Morgan fingerprint density at radius 3 is 2.83 bits per heavy atom. The number of nitrogen functional groups attached to an aromatic ring is 1. The topological polar surface area (TPSA) is 91.3 Å². The van der Waals surface area contributed by atoms with Crippen molar-refractivity contribution >= 4 is 11.4 Å². The molecular weight excluding hydrogens is 234 g/mol. The number of rotatable bonds is 3. The van der Waals surface area contributed by atoms with E-state index in [1.54, 1.807) is 18.2 Å². The lowest BCUT2D eigenvalue weighted by Gasteiger charge is -2.06. The van der Waals surface area contributed by atoms with Gasteiger partial charge in [0.2, 0.25) is 5.88 Å². The van der Waals surface area contributed by atoms with E-state index in [1.165, 1.54) is 18.3 Å². The summed E-state index contributed by atoms with van der Waals surface area (Å²) in [5, 5.41) is 10.6. The number of hydrogen-bond acceptors (Lipinski definition) is 5. The summed E-state index contributed by atoms with van der Waals surface area (Å²) >= 11 is 0. The molecule has 0 bridgehead atoms. The Labute approximate surface area is 103 Å². The predicted molar refractivity (Wildman–Crippen MR) is 66.6 cm³/mol. The largest absolute Gasteiger partial charge is 0.439 e. The molecule has 0 spiro atoms. The van der Waals surface area contributed by atoms with Gasteiger partial charge in [0, 0.05) is 12.1 Å². The number of anilines is 1. The number of nitro groups is 1. The van der Waals surface area contributed by atoms with Crippen LogP contribution in [0.15, 0.2) is 36.5 Å². The number of ether oxygens (including phenoxy) is 1. The van der Waals surface area contributed by atoms with Crippen LogP contribution < -0.4 is 10.5 Å². The van der Waals surface area contributed by atoms with Crippen molar-refractivity contribution in [2.24, 2.45) is 0 Å². The second-order valence-corrected chi connectivity index (χ2v) is 3.74. The third-order valence-electron chi connectivity index (χ3n) is 2.38. The summed E-state index contributed by atoms with van der Waals surface area (Å²) in [6, 6.07) is 7.59. The van der Waals surface area contributed by atoms with Crippen LogP contribution in [0.2, 0.25) is 0 Å². The van der Waals surface area contributed by atoms with Gasteiger partial charge >= 0.3 is 0 Å². The Balaban J connectivity index is 2.25. The van der Waals surface area contributed by atoms with Crippen LogP contribution in [0.5, 0.6) is 11.6 Å². The van der Waals surface area contributed by atoms with Crippen LogP contribution in [0, 0.1) is 17.0 Å². The molecule has 6 nitrogen and oxygen atoms in total. The zero-order valence-electron chi connectivity index (χ0n) is 9.66. The number of non-ortho nitro benzene ring substituents is 1. The van der Waals surface area contributed by atoms with Crippen molar-refractivity contribution in [3.63, 3.8) is 0 Å². The molecule has 6 heteroatoms. The van der Waals surface area contributed by atoms with Crippen LogP contribution in [0.25, 0.3) is 0 Å². The van der Waals surface area contributed by atoms with Crippen molar-refractivity contribution in [2.75, 3.05) is 5.73 Å². The fourth-order valence-electron chi connectivity index (χ4n) is 1.38. The summed E-state index contributed by atoms with van der Waals surface area (Å²) in [6.07, 6.45) is 1.49. The quantitative estimate of drug-likeness (QED) is 0.663. The average Bonchev–Trinajstić information content (AvgIpc) is 2.34. The zero-order chi connectivity index (χ0) is 13.1. The maximum Gasteiger partial charge on any atom is 0.273 e. The maximum atomic E-state index is 10.6. The smallest absolute Gasteiger partial charge is 0.273 e. The predicted octanol–water partition coefficient (Wildman–Crippen LogP) is 2.67. The van der Waals surface area contributed by atoms with Gasteiger partial charge in [-0.15, -0.1) is 0 Å². The minimum atomic E-state index is -0.478. The fraction of sp³-hybridized carbons (Fsp3) is 0.0833. The highest BCUT2D eigenvalue weighted by atomic mass is 16.6. The maximum absolute atomic E-state index is 10.6. The number of nitrogens with two attached hydrogens (primary N) is 1. The fourth-order valence-corrected chi connectivity index (χ4v) is 1.38. The van der Waals surface area contributed by atoms with E-state index < -0.39 is 4.92 Å². The first kappa shape index (κ1) is 11.8. The molecule has 2 aromatic rings. The van der Waals surface area contributed by atoms with Crippen molar-refractivity contribution < 1.29 is 9.66 Å². The molecule has 1 aromatic carbocycles. The summed E-state index contributed by atoms with van der Waals surface area (Å²) in [6.45, 7) is 1.83. The second-order valence-electron chi connectivity index (χ2n) is 3.74. The molecule has 0 atom stereocenters. The van der Waals surface area contributed by atoms with E-state index in [0.717, 1.165) is 5.56 Å². The number of aryl methyl sites for hydroxylation is 1. The van der Waals surface area contributed by atoms with E-state index in [-0.39, 0.29) is 5.69 Å². The molecule has 0 aliphatic rings. The van der Waals surface area contributed by atoms with E-state index in [9.17, 15) is 10.1 Å². The number of pyridine rings is 1. The molecular formula is C12H11N3O3. The van der Waals surface area contributed by atoms with Crippen LogP contribution in [0.3, 0.4) is 0 Å². The Morgan fingerprint density at radius 1 is 1.39 bits per heavy atom. The number of benzene rings is 1. The van der Waals surface area contributed by atoms with E-state index in [0.29, 0.717) is 17.3 Å². The molecule has 0 fully saturated rings. The van der Waals surface area contributed by atoms with E-state index in [4.69, 9.17) is 10.5 Å². The summed E-state index contributed by atoms with van der Waals surface area (Å²) in [4.78, 5) is 14.1. The molecule has 2 N–H and O–H groups in total. The second kappa shape index (κ2) is 4.70. The van der Waals surface area contributed by atoms with Gasteiger partial charge in [0.1, 0.15) is 5.75 Å². The van der Waals surface area contributed by atoms with Gasteiger partial charge in [0.05, 0.1) is 22.9 Å². The molecule has 0 saturated heterocycles. The molecule has 0 unspecified atom stereocenters. The van der Waals surface area contributed by atoms with Crippen LogP contribution in [0.4, 0.5) is 11.4 Å². The Bertz CT molecular complexity index is 599. The summed E-state index contributed by atoms with van der Waals surface area (Å²) in [7, 11) is 0. The van der Waals surface area contributed by atoms with E-state index >= 15 is 0 Å². The number of aromatic nitrogens is 1. The molecule has 0 radical (unpaired) electrons. The van der Waals surface area contributed by atoms with Gasteiger partial charge in [-0.3, -0.25) is 10.1 Å². The van der Waals surface area contributed by atoms with Crippen molar-refractivity contribution in [3.05, 3.63) is 52.2 Å². The van der Waals surface area contributed by atoms with E-state index in [2.05, 4.69) is 4.98 Å². The highest BCUT2D eigenvalue weighted by Gasteiger charge is 2.07. The lowest BCUT2D eigenvalue weighted by molar-refractivity contribution is -0.384. The molecule has 0 aliphatic carbocycles. The van der Waals surface area contributed by atoms with Gasteiger partial charge in [0.25, 0.3) is 5.69 Å². The van der Waals surface area contributed by atoms with Crippen LogP contribution in [-0.2, 0) is 0 Å². The standard InChI is InChI=1S/C12H11N3O3/c1-8-5-12(14-7-11(8)13)18-10-4-2-3-9(6-10)15(16)17/h2-7H,13H2,1H3. The molecule has 0 saturated carbocycles. The monoisotopic (exact) mass is 245 g/mol. The SMILES string of the molecule is Cc1cc(Oc2cccc([N+](=O)[O-])c2)ncc1N. The third kappa shape index (κ3) is 2.54. The first-order chi connectivity index (χ1) is 8.56. The van der Waals surface area contributed by atoms with Gasteiger partial charge in [-0.1, -0.05) is 6.07 Å². The number of nitrogens with zero attached hydrogens (tertiary/aromatic N) is 2. The molecule has 1 aromatic heterocycles. The van der Waals surface area contributed by atoms with Crippen LogP contribution in [0.1, 0.15) is 5.56 Å². The third-order valence-corrected chi connectivity index (χ3v) is 2.38. The Kier molecular flexibility index (Phi) is 3.09. The van der Waals surface area contributed by atoms with Gasteiger partial charge in [-0.25, -0.2) is 4.98 Å². The highest BCUT2D eigenvalue weighted by molar-refractivity contribution is 5.46. The first-order valence-corrected chi connectivity index (χ1v) is 5.20. The Hall–Kier alpha value is -2.63. The highest BCUT2D eigenvalue weighted by Crippen LogP contribution is 2.25. The van der Waals surface area contributed by atoms with Gasteiger partial charge in [-0.05, 0) is 18.6 Å². The normalized spacial score (nSPS) is 10.1. The summed E-state index contributed by atoms with van der Waals surface area (Å²) in [5.41, 5.74) is 7.02. The molecule has 18 heavy (non-hydrogen) atoms. The number of hydrogen-bond donors (Lipinski definition) is 1. The molecule has 0 amide bonds. The lowest BCUT2D eigenvalue weighted by atomic mass is 10.2. The van der Waals surface area contributed by atoms with Crippen molar-refractivity contribution in [1.29, 1.82) is 0 Å². The van der Waals surface area contributed by atoms with Gasteiger partial charge < -0.3 is 10.5 Å². The molecule has 2 rings (SSSR count). The summed E-state index contributed by atoms with van der Waals surface area (Å²) < 4.78 is 5.43. The minimum absolute atomic E-state index is 0.0281. The van der Waals surface area contributed by atoms with Crippen molar-refractivity contribution in [2.45, 2.75) is 6.92 Å². The average molecular weight is 245 g/mol. The summed E-state index contributed by atoms with van der Waals surface area (Å²) in [5.74, 6) is 0.711.